The molecule has 0 N–H and O–H groups in total. The summed E-state index contributed by atoms with van der Waals surface area (Å²) in [6, 6.07) is 3.31. The minimum absolute atomic E-state index is 0.0197. The van der Waals surface area contributed by atoms with E-state index in [4.69, 9.17) is 4.74 Å². The van der Waals surface area contributed by atoms with E-state index in [1.807, 2.05) is 20.8 Å². The summed E-state index contributed by atoms with van der Waals surface area (Å²) in [5.74, 6) is -1.55. The van der Waals surface area contributed by atoms with E-state index in [2.05, 4.69) is 19.6 Å². The zero-order chi connectivity index (χ0) is 20.5. The second-order valence-electron chi connectivity index (χ2n) is 7.66. The number of nitrogens with zero attached hydrogens (tertiary/aromatic N) is 4. The Morgan fingerprint density at radius 1 is 1.29 bits per heavy atom. The molecule has 1 fully saturated rings. The van der Waals surface area contributed by atoms with Crippen molar-refractivity contribution in [1.82, 2.24) is 20.0 Å². The molecule has 1 atom stereocenters. The Morgan fingerprint density at radius 2 is 2.04 bits per heavy atom. The summed E-state index contributed by atoms with van der Waals surface area (Å²) in [7, 11) is 0. The monoisotopic (exact) mass is 398 g/mol. The van der Waals surface area contributed by atoms with Crippen molar-refractivity contribution in [1.29, 1.82) is 0 Å². The van der Waals surface area contributed by atoms with E-state index in [1.165, 1.54) is 6.20 Å². The van der Waals surface area contributed by atoms with Gasteiger partial charge in [0.1, 0.15) is 5.60 Å². The van der Waals surface area contributed by atoms with Gasteiger partial charge in [-0.25, -0.2) is 4.79 Å². The number of carbonyl (C=O) groups is 1. The van der Waals surface area contributed by atoms with Crippen LogP contribution in [0.25, 0.3) is 11.4 Å². The molecule has 0 bridgehead atoms. The first-order chi connectivity index (χ1) is 13.0. The van der Waals surface area contributed by atoms with Crippen LogP contribution in [0.15, 0.2) is 22.9 Å². The maximum absolute atomic E-state index is 12.6. The molecule has 0 aliphatic carbocycles. The third-order valence-corrected chi connectivity index (χ3v) is 4.20. The van der Waals surface area contributed by atoms with Crippen molar-refractivity contribution in [3.05, 3.63) is 29.9 Å². The number of carbonyl (C=O) groups excluding carboxylic acids is 1. The van der Waals surface area contributed by atoms with Gasteiger partial charge in [0.15, 0.2) is 0 Å². The molecule has 0 saturated carbocycles. The number of hydrogen-bond donors (Lipinski definition) is 0. The Labute approximate surface area is 159 Å². The zero-order valence-electron chi connectivity index (χ0n) is 15.8. The fraction of sp³-hybridized carbons (Fsp3) is 0.556. The van der Waals surface area contributed by atoms with Crippen molar-refractivity contribution in [2.75, 3.05) is 13.1 Å². The Kier molecular flexibility index (Phi) is 5.31. The van der Waals surface area contributed by atoms with Gasteiger partial charge in [-0.05, 0) is 45.7 Å². The van der Waals surface area contributed by atoms with Gasteiger partial charge in [-0.2, -0.15) is 18.2 Å². The standard InChI is InChI=1S/C18H21F3N4O3/c1-17(2,3)27-16(26)25-8-4-5-12(10-25)13-7-6-11(9-22-13)14-23-15(28-24-14)18(19,20)21/h6-7,9,12H,4-5,8,10H2,1-3H3/t12-/m0/s1. The number of rotatable bonds is 2. The van der Waals surface area contributed by atoms with Crippen molar-refractivity contribution in [3.63, 3.8) is 0 Å². The van der Waals surface area contributed by atoms with Crippen LogP contribution in [-0.2, 0) is 10.9 Å². The molecular weight excluding hydrogens is 377 g/mol. The van der Waals surface area contributed by atoms with Crippen molar-refractivity contribution in [3.8, 4) is 11.4 Å². The summed E-state index contributed by atoms with van der Waals surface area (Å²) < 4.78 is 47.4. The third kappa shape index (κ3) is 4.79. The molecular formula is C18H21F3N4O3. The molecule has 0 radical (unpaired) electrons. The number of aromatic nitrogens is 3. The minimum Gasteiger partial charge on any atom is -0.444 e. The maximum atomic E-state index is 12.6. The van der Waals surface area contributed by atoms with Crippen molar-refractivity contribution < 1.29 is 27.2 Å². The normalized spacial score (nSPS) is 18.2. The van der Waals surface area contributed by atoms with Crippen LogP contribution in [0.2, 0.25) is 0 Å². The van der Waals surface area contributed by atoms with Gasteiger partial charge in [0.05, 0.1) is 0 Å². The van der Waals surface area contributed by atoms with E-state index in [9.17, 15) is 18.0 Å². The summed E-state index contributed by atoms with van der Waals surface area (Å²) >= 11 is 0. The molecule has 1 saturated heterocycles. The number of pyridine rings is 1. The zero-order valence-corrected chi connectivity index (χ0v) is 15.8. The Hall–Kier alpha value is -2.65. The van der Waals surface area contributed by atoms with Crippen molar-refractivity contribution >= 4 is 6.09 Å². The topological polar surface area (TPSA) is 81.4 Å². The van der Waals surface area contributed by atoms with Crippen molar-refractivity contribution in [2.24, 2.45) is 0 Å². The van der Waals surface area contributed by atoms with Crippen molar-refractivity contribution in [2.45, 2.75) is 51.3 Å². The van der Waals surface area contributed by atoms with Crippen LogP contribution in [0.3, 0.4) is 0 Å². The van der Waals surface area contributed by atoms with Crippen LogP contribution in [-0.4, -0.2) is 44.8 Å². The molecule has 0 aromatic carbocycles. The second kappa shape index (κ2) is 7.40. The van der Waals surface area contributed by atoms with Crippen LogP contribution >= 0.6 is 0 Å². The number of likely N-dealkylation sites (tertiary alicyclic amines) is 1. The molecule has 10 heteroatoms. The van der Waals surface area contributed by atoms with Gasteiger partial charge in [-0.15, -0.1) is 0 Å². The van der Waals surface area contributed by atoms with Gasteiger partial charge >= 0.3 is 18.2 Å². The summed E-state index contributed by atoms with van der Waals surface area (Å²) in [6.45, 7) is 6.53. The lowest BCUT2D eigenvalue weighted by Gasteiger charge is -2.33. The first-order valence-corrected chi connectivity index (χ1v) is 8.88. The SMILES string of the molecule is CC(C)(C)OC(=O)N1CCC[C@H](c2ccc(-c3noc(C(F)(F)F)n3)cn2)C1. The first-order valence-electron chi connectivity index (χ1n) is 8.88. The van der Waals surface area contributed by atoms with Gasteiger partial charge in [-0.3, -0.25) is 4.98 Å². The molecule has 1 aliphatic heterocycles. The molecule has 1 aliphatic rings. The van der Waals surface area contributed by atoms with E-state index in [-0.39, 0.29) is 17.8 Å². The quantitative estimate of drug-likeness (QED) is 0.752. The molecule has 3 rings (SSSR count). The van der Waals surface area contributed by atoms with Crippen LogP contribution in [0.1, 0.15) is 51.1 Å². The second-order valence-corrected chi connectivity index (χ2v) is 7.66. The molecule has 28 heavy (non-hydrogen) atoms. The van der Waals surface area contributed by atoms with E-state index in [0.717, 1.165) is 18.5 Å². The molecule has 2 aromatic heterocycles. The first kappa shape index (κ1) is 20.1. The minimum atomic E-state index is -4.69. The van der Waals surface area contributed by atoms with E-state index >= 15 is 0 Å². The number of amides is 1. The fourth-order valence-electron chi connectivity index (χ4n) is 2.95. The number of halogens is 3. The lowest BCUT2D eigenvalue weighted by atomic mass is 9.94. The lowest BCUT2D eigenvalue weighted by molar-refractivity contribution is -0.159. The predicted molar refractivity (Wildman–Crippen MR) is 92.3 cm³/mol. The molecule has 0 spiro atoms. The largest absolute Gasteiger partial charge is 0.471 e. The number of piperidine rings is 1. The highest BCUT2D eigenvalue weighted by Crippen LogP contribution is 2.30. The Bertz CT molecular complexity index is 828. The van der Waals surface area contributed by atoms with E-state index in [0.29, 0.717) is 18.7 Å². The Morgan fingerprint density at radius 3 is 2.61 bits per heavy atom. The van der Waals surface area contributed by atoms with Gasteiger partial charge in [0, 0.05) is 36.5 Å². The van der Waals surface area contributed by atoms with Gasteiger partial charge in [0.25, 0.3) is 0 Å². The molecule has 152 valence electrons. The maximum Gasteiger partial charge on any atom is 0.471 e. The molecule has 2 aromatic rings. The molecule has 3 heterocycles. The summed E-state index contributed by atoms with van der Waals surface area (Å²) in [4.78, 5) is 21.6. The van der Waals surface area contributed by atoms with E-state index < -0.39 is 17.7 Å². The summed E-state index contributed by atoms with van der Waals surface area (Å²) in [5, 5.41) is 3.35. The molecule has 1 amide bonds. The average molecular weight is 398 g/mol. The van der Waals surface area contributed by atoms with Crippen LogP contribution < -0.4 is 0 Å². The molecule has 7 nitrogen and oxygen atoms in total. The molecule has 0 unspecified atom stereocenters. The van der Waals surface area contributed by atoms with Crippen LogP contribution in [0.5, 0.6) is 0 Å². The van der Waals surface area contributed by atoms with Crippen LogP contribution in [0, 0.1) is 0 Å². The summed E-state index contributed by atoms with van der Waals surface area (Å²) in [5.41, 5.74) is 0.503. The Balaban J connectivity index is 1.69. The van der Waals surface area contributed by atoms with Crippen LogP contribution in [0.4, 0.5) is 18.0 Å². The van der Waals surface area contributed by atoms with Gasteiger partial charge < -0.3 is 14.2 Å². The smallest absolute Gasteiger partial charge is 0.444 e. The average Bonchev–Trinajstić information content (AvgIpc) is 3.11. The van der Waals surface area contributed by atoms with Gasteiger partial charge in [0.2, 0.25) is 5.82 Å². The predicted octanol–water partition coefficient (Wildman–Crippen LogP) is 4.26. The third-order valence-electron chi connectivity index (χ3n) is 4.20. The lowest BCUT2D eigenvalue weighted by Crippen LogP contribution is -2.42. The fourth-order valence-corrected chi connectivity index (χ4v) is 2.95. The summed E-state index contributed by atoms with van der Waals surface area (Å²) in [6.07, 6.45) is -1.97. The number of ether oxygens (including phenoxy) is 1. The van der Waals surface area contributed by atoms with E-state index in [1.54, 1.807) is 17.0 Å². The highest BCUT2D eigenvalue weighted by molar-refractivity contribution is 5.68. The number of hydrogen-bond acceptors (Lipinski definition) is 6. The highest BCUT2D eigenvalue weighted by Gasteiger charge is 2.38. The number of alkyl halides is 3. The highest BCUT2D eigenvalue weighted by atomic mass is 19.4. The van der Waals surface area contributed by atoms with Gasteiger partial charge in [-0.1, -0.05) is 5.16 Å².